The van der Waals surface area contributed by atoms with E-state index in [1.54, 1.807) is 33.5 Å². The fraction of sp³-hybridized carbons (Fsp3) is 0.276. The number of hydrogen-bond acceptors (Lipinski definition) is 7. The highest BCUT2D eigenvalue weighted by atomic mass is 19.1. The van der Waals surface area contributed by atoms with Gasteiger partial charge in [0, 0.05) is 35.0 Å². The highest BCUT2D eigenvalue weighted by molar-refractivity contribution is 6.00. The minimum Gasteiger partial charge on any atom is -0.493 e. The van der Waals surface area contributed by atoms with E-state index in [1.165, 1.54) is 12.1 Å². The highest BCUT2D eigenvalue weighted by Crippen LogP contribution is 2.42. The van der Waals surface area contributed by atoms with Gasteiger partial charge in [0.25, 0.3) is 0 Å². The van der Waals surface area contributed by atoms with Crippen molar-refractivity contribution in [3.8, 4) is 34.1 Å². The van der Waals surface area contributed by atoms with E-state index in [0.717, 1.165) is 59.3 Å². The topological polar surface area (TPSA) is 73.9 Å². The zero-order valence-corrected chi connectivity index (χ0v) is 21.1. The molecule has 0 atom stereocenters. The van der Waals surface area contributed by atoms with Crippen LogP contribution >= 0.6 is 0 Å². The number of piperidine rings is 1. The Kier molecular flexibility index (Phi) is 7.28. The third kappa shape index (κ3) is 5.24. The van der Waals surface area contributed by atoms with Gasteiger partial charge in [-0.25, -0.2) is 9.37 Å². The van der Waals surface area contributed by atoms with Gasteiger partial charge in [0.1, 0.15) is 23.5 Å². The third-order valence-electron chi connectivity index (χ3n) is 6.51. The van der Waals surface area contributed by atoms with E-state index < -0.39 is 0 Å². The van der Waals surface area contributed by atoms with Crippen LogP contribution in [-0.4, -0.2) is 45.5 Å². The van der Waals surface area contributed by atoms with Gasteiger partial charge in [-0.3, -0.25) is 0 Å². The van der Waals surface area contributed by atoms with Gasteiger partial charge in [0.05, 0.1) is 21.3 Å². The molecule has 0 radical (unpaired) electrons. The zero-order valence-electron chi connectivity index (χ0n) is 21.1. The molecule has 0 aliphatic carbocycles. The normalized spacial score (nSPS) is 13.8. The molecule has 1 saturated heterocycles. The Hall–Kier alpha value is -4.04. The molecule has 0 spiro atoms. The summed E-state index contributed by atoms with van der Waals surface area (Å²) in [4.78, 5) is 4.62. The number of nitrogens with one attached hydrogen (secondary N) is 2. The number of fused-ring (bicyclic) bond motifs is 1. The summed E-state index contributed by atoms with van der Waals surface area (Å²) in [6.07, 6.45) is 3.81. The predicted octanol–water partition coefficient (Wildman–Crippen LogP) is 5.94. The molecule has 0 bridgehead atoms. The lowest BCUT2D eigenvalue weighted by Gasteiger charge is -2.25. The summed E-state index contributed by atoms with van der Waals surface area (Å²) in [7, 11) is 4.72. The van der Waals surface area contributed by atoms with Crippen LogP contribution in [0.25, 0.3) is 21.9 Å². The van der Waals surface area contributed by atoms with Crippen molar-refractivity contribution in [2.24, 2.45) is 0 Å². The lowest BCUT2D eigenvalue weighted by molar-refractivity contribution is 0.163. The maximum atomic E-state index is 13.8. The summed E-state index contributed by atoms with van der Waals surface area (Å²) in [5.74, 6) is 2.71. The predicted molar refractivity (Wildman–Crippen MR) is 143 cm³/mol. The van der Waals surface area contributed by atoms with Gasteiger partial charge in [-0.2, -0.15) is 0 Å². The molecule has 1 aromatic heterocycles. The molecule has 4 aromatic rings. The van der Waals surface area contributed by atoms with Crippen molar-refractivity contribution in [1.29, 1.82) is 0 Å². The van der Waals surface area contributed by atoms with E-state index in [-0.39, 0.29) is 11.9 Å². The molecule has 3 aromatic carbocycles. The fourth-order valence-corrected chi connectivity index (χ4v) is 4.67. The van der Waals surface area contributed by atoms with Crippen molar-refractivity contribution < 1.29 is 23.3 Å². The van der Waals surface area contributed by atoms with Crippen molar-refractivity contribution in [2.45, 2.75) is 18.9 Å². The van der Waals surface area contributed by atoms with Crippen molar-refractivity contribution >= 4 is 22.3 Å². The Balaban J connectivity index is 1.58. The first-order valence-corrected chi connectivity index (χ1v) is 12.2. The number of aromatic nitrogens is 1. The first kappa shape index (κ1) is 24.6. The molecule has 7 nitrogen and oxygen atoms in total. The lowest BCUT2D eigenvalue weighted by Crippen LogP contribution is -2.34. The summed E-state index contributed by atoms with van der Waals surface area (Å²) >= 11 is 0. The number of benzene rings is 3. The Morgan fingerprint density at radius 2 is 1.57 bits per heavy atom. The van der Waals surface area contributed by atoms with Crippen LogP contribution in [0.15, 0.2) is 60.8 Å². The lowest BCUT2D eigenvalue weighted by atomic mass is 9.97. The fourth-order valence-electron chi connectivity index (χ4n) is 4.67. The maximum absolute atomic E-state index is 13.8. The summed E-state index contributed by atoms with van der Waals surface area (Å²) in [5, 5.41) is 8.62. The van der Waals surface area contributed by atoms with Crippen molar-refractivity contribution in [1.82, 2.24) is 10.3 Å². The Labute approximate surface area is 215 Å². The molecule has 37 heavy (non-hydrogen) atoms. The molecule has 8 heteroatoms. The molecule has 0 amide bonds. The Morgan fingerprint density at radius 3 is 2.22 bits per heavy atom. The summed E-state index contributed by atoms with van der Waals surface area (Å²) in [5.41, 5.74) is 2.51. The molecule has 1 aliphatic heterocycles. The van der Waals surface area contributed by atoms with Crippen LogP contribution in [0.5, 0.6) is 23.0 Å². The number of hydrogen-bond donors (Lipinski definition) is 2. The van der Waals surface area contributed by atoms with Crippen molar-refractivity contribution in [3.63, 3.8) is 0 Å². The molecule has 192 valence electrons. The van der Waals surface area contributed by atoms with E-state index in [2.05, 4.69) is 15.6 Å². The van der Waals surface area contributed by atoms with Crippen LogP contribution in [0.1, 0.15) is 12.8 Å². The standard InChI is InChI=1S/C29H30FN3O4/c1-34-25-14-21(15-26(35-2)29(25)36-3)33-27-16-23-19(17-32-27)6-9-24(37-22-10-12-31-13-11-22)28(23)18-4-7-20(30)8-5-18/h4-9,14-17,22,31H,10-13H2,1-3H3,(H,32,33). The van der Waals surface area contributed by atoms with Gasteiger partial charge in [0.2, 0.25) is 5.75 Å². The summed E-state index contributed by atoms with van der Waals surface area (Å²) < 4.78 is 36.7. The number of anilines is 2. The monoisotopic (exact) mass is 503 g/mol. The molecule has 1 fully saturated rings. The number of rotatable bonds is 8. The van der Waals surface area contributed by atoms with E-state index in [1.807, 2.05) is 36.5 Å². The summed E-state index contributed by atoms with van der Waals surface area (Å²) in [6.45, 7) is 1.85. The first-order valence-electron chi connectivity index (χ1n) is 12.2. The van der Waals surface area contributed by atoms with Gasteiger partial charge in [0.15, 0.2) is 11.5 Å². The third-order valence-corrected chi connectivity index (χ3v) is 6.51. The number of methoxy groups -OCH3 is 3. The minimum atomic E-state index is -0.281. The van der Waals surface area contributed by atoms with Crippen molar-refractivity contribution in [2.75, 3.05) is 39.7 Å². The van der Waals surface area contributed by atoms with E-state index in [0.29, 0.717) is 23.1 Å². The second-order valence-corrected chi connectivity index (χ2v) is 8.84. The molecular weight excluding hydrogens is 473 g/mol. The first-order chi connectivity index (χ1) is 18.1. The van der Waals surface area contributed by atoms with E-state index in [9.17, 15) is 4.39 Å². The molecular formula is C29H30FN3O4. The molecule has 2 heterocycles. The number of pyridine rings is 1. The van der Waals surface area contributed by atoms with Crippen molar-refractivity contribution in [3.05, 3.63) is 66.6 Å². The molecule has 0 saturated carbocycles. The van der Waals surface area contributed by atoms with E-state index in [4.69, 9.17) is 18.9 Å². The average Bonchev–Trinajstić information content (AvgIpc) is 2.93. The second kappa shape index (κ2) is 10.9. The highest BCUT2D eigenvalue weighted by Gasteiger charge is 2.19. The number of nitrogens with zero attached hydrogens (tertiary/aromatic N) is 1. The largest absolute Gasteiger partial charge is 0.493 e. The number of halogens is 1. The molecule has 2 N–H and O–H groups in total. The molecule has 5 rings (SSSR count). The van der Waals surface area contributed by atoms with Crippen LogP contribution in [0.3, 0.4) is 0 Å². The Morgan fingerprint density at radius 1 is 0.865 bits per heavy atom. The van der Waals surface area contributed by atoms with Gasteiger partial charge < -0.3 is 29.6 Å². The van der Waals surface area contributed by atoms with Gasteiger partial charge >= 0.3 is 0 Å². The number of ether oxygens (including phenoxy) is 4. The second-order valence-electron chi connectivity index (χ2n) is 8.84. The van der Waals surface area contributed by atoms with Gasteiger partial charge in [-0.05, 0) is 67.2 Å². The van der Waals surface area contributed by atoms with Crippen LogP contribution in [0.4, 0.5) is 15.9 Å². The zero-order chi connectivity index (χ0) is 25.8. The van der Waals surface area contributed by atoms with E-state index >= 15 is 0 Å². The van der Waals surface area contributed by atoms with Gasteiger partial charge in [-0.1, -0.05) is 12.1 Å². The smallest absolute Gasteiger partial charge is 0.203 e. The molecule has 0 unspecified atom stereocenters. The Bertz CT molecular complexity index is 1360. The molecule has 1 aliphatic rings. The van der Waals surface area contributed by atoms with Crippen LogP contribution in [-0.2, 0) is 0 Å². The van der Waals surface area contributed by atoms with Crippen LogP contribution in [0.2, 0.25) is 0 Å². The quantitative estimate of drug-likeness (QED) is 0.308. The minimum absolute atomic E-state index is 0.122. The average molecular weight is 504 g/mol. The maximum Gasteiger partial charge on any atom is 0.203 e. The van der Waals surface area contributed by atoms with Crippen LogP contribution < -0.4 is 29.6 Å². The SMILES string of the molecule is COc1cc(Nc2cc3c(-c4ccc(F)cc4)c(OC4CCNCC4)ccc3cn2)cc(OC)c1OC. The van der Waals surface area contributed by atoms with Gasteiger partial charge in [-0.15, -0.1) is 0 Å². The summed E-state index contributed by atoms with van der Waals surface area (Å²) in [6, 6.07) is 16.1. The van der Waals surface area contributed by atoms with Crippen LogP contribution in [0, 0.1) is 5.82 Å².